The summed E-state index contributed by atoms with van der Waals surface area (Å²) < 4.78 is 0. The Bertz CT molecular complexity index is 436. The number of hydrogen-bond acceptors (Lipinski definition) is 1. The zero-order chi connectivity index (χ0) is 12.3. The predicted molar refractivity (Wildman–Crippen MR) is 71.6 cm³/mol. The van der Waals surface area contributed by atoms with E-state index >= 15 is 0 Å². The molecule has 1 saturated carbocycles. The molecule has 1 aliphatic rings. The summed E-state index contributed by atoms with van der Waals surface area (Å²) in [6, 6.07) is 10.2. The Kier molecular flexibility index (Phi) is 3.51. The Morgan fingerprint density at radius 1 is 1.35 bits per heavy atom. The van der Waals surface area contributed by atoms with Gasteiger partial charge in [0.1, 0.15) is 0 Å². The third-order valence-electron chi connectivity index (χ3n) is 3.81. The van der Waals surface area contributed by atoms with Crippen molar-refractivity contribution >= 4 is 6.08 Å². The van der Waals surface area contributed by atoms with Gasteiger partial charge >= 0.3 is 0 Å². The zero-order valence-corrected chi connectivity index (χ0v) is 10.6. The van der Waals surface area contributed by atoms with Crippen LogP contribution in [0.1, 0.15) is 38.7 Å². The molecule has 0 radical (unpaired) electrons. The minimum absolute atomic E-state index is 0.205. The molecule has 0 aliphatic heterocycles. The summed E-state index contributed by atoms with van der Waals surface area (Å²) in [4.78, 5) is 0. The van der Waals surface area contributed by atoms with Gasteiger partial charge in [0.2, 0.25) is 0 Å². The Labute approximate surface area is 103 Å². The molecular weight excluding hydrogens is 208 g/mol. The van der Waals surface area contributed by atoms with E-state index in [0.29, 0.717) is 0 Å². The van der Waals surface area contributed by atoms with Crippen molar-refractivity contribution in [1.82, 2.24) is 0 Å². The van der Waals surface area contributed by atoms with E-state index in [2.05, 4.69) is 24.8 Å². The van der Waals surface area contributed by atoms with Crippen LogP contribution >= 0.6 is 0 Å². The standard InChI is InChI=1S/C16H20O/c1-13-15(9-6-12-16(13,2)17)11-10-14-7-4-3-5-8-14/h3-5,7-8,10,13,17H,6,9,12H2,1-2H3/t11?,13-,16-/m1/s1. The molecule has 0 heterocycles. The quantitative estimate of drug-likeness (QED) is 0.725. The zero-order valence-electron chi connectivity index (χ0n) is 10.6. The molecule has 2 rings (SSSR count). The molecule has 1 aromatic carbocycles. The molecule has 0 aromatic heterocycles. The van der Waals surface area contributed by atoms with Crippen molar-refractivity contribution in [3.8, 4) is 0 Å². The monoisotopic (exact) mass is 228 g/mol. The Morgan fingerprint density at radius 3 is 2.76 bits per heavy atom. The molecule has 2 atom stereocenters. The van der Waals surface area contributed by atoms with Crippen LogP contribution in [0.25, 0.3) is 6.08 Å². The Hall–Kier alpha value is -1.30. The van der Waals surface area contributed by atoms with Gasteiger partial charge in [0.05, 0.1) is 5.60 Å². The molecule has 1 N–H and O–H groups in total. The maximum absolute atomic E-state index is 10.2. The summed E-state index contributed by atoms with van der Waals surface area (Å²) in [6.07, 6.45) is 5.03. The van der Waals surface area contributed by atoms with Crippen molar-refractivity contribution in [3.05, 3.63) is 47.2 Å². The van der Waals surface area contributed by atoms with Crippen molar-refractivity contribution in [3.63, 3.8) is 0 Å². The van der Waals surface area contributed by atoms with Gasteiger partial charge in [-0.1, -0.05) is 37.3 Å². The molecular formula is C16H20O. The minimum atomic E-state index is -0.564. The highest BCUT2D eigenvalue weighted by atomic mass is 16.3. The van der Waals surface area contributed by atoms with Crippen LogP contribution in [0.2, 0.25) is 0 Å². The first-order valence-corrected chi connectivity index (χ1v) is 6.32. The highest BCUT2D eigenvalue weighted by Crippen LogP contribution is 2.36. The van der Waals surface area contributed by atoms with Gasteiger partial charge in [-0.25, -0.2) is 0 Å². The van der Waals surface area contributed by atoms with Crippen LogP contribution in [-0.2, 0) is 0 Å². The molecule has 1 heteroatoms. The van der Waals surface area contributed by atoms with Gasteiger partial charge in [0, 0.05) is 5.92 Å². The molecule has 1 fully saturated rings. The summed E-state index contributed by atoms with van der Waals surface area (Å²) in [5.74, 6) is 0.205. The summed E-state index contributed by atoms with van der Waals surface area (Å²) >= 11 is 0. The third-order valence-corrected chi connectivity index (χ3v) is 3.81. The smallest absolute Gasteiger partial charge is 0.0688 e. The van der Waals surface area contributed by atoms with Gasteiger partial charge in [-0.05, 0) is 43.4 Å². The van der Waals surface area contributed by atoms with Gasteiger partial charge in [-0.15, -0.1) is 5.73 Å². The third kappa shape index (κ3) is 2.88. The number of benzene rings is 1. The SMILES string of the molecule is C[C@@H]1C(=C=Cc2ccccc2)CCC[C@@]1(C)O. The van der Waals surface area contributed by atoms with E-state index in [0.717, 1.165) is 24.8 Å². The second-order valence-electron chi connectivity index (χ2n) is 5.16. The first kappa shape index (κ1) is 12.2. The van der Waals surface area contributed by atoms with E-state index < -0.39 is 5.60 Å². The summed E-state index contributed by atoms with van der Waals surface area (Å²) in [5.41, 5.74) is 5.22. The molecule has 0 unspecified atom stereocenters. The molecule has 1 nitrogen and oxygen atoms in total. The lowest BCUT2D eigenvalue weighted by Gasteiger charge is -2.35. The number of rotatable bonds is 1. The second kappa shape index (κ2) is 4.91. The normalized spacial score (nSPS) is 28.6. The fourth-order valence-electron chi connectivity index (χ4n) is 2.37. The van der Waals surface area contributed by atoms with Crippen LogP contribution in [0.3, 0.4) is 0 Å². The molecule has 1 aromatic rings. The van der Waals surface area contributed by atoms with Gasteiger partial charge in [-0.3, -0.25) is 0 Å². The summed E-state index contributed by atoms with van der Waals surface area (Å²) in [7, 11) is 0. The van der Waals surface area contributed by atoms with Crippen molar-refractivity contribution < 1.29 is 5.11 Å². The number of aliphatic hydroxyl groups is 1. The lowest BCUT2D eigenvalue weighted by molar-refractivity contribution is -0.00192. The first-order chi connectivity index (χ1) is 8.09. The average Bonchev–Trinajstić information content (AvgIpc) is 2.32. The van der Waals surface area contributed by atoms with Gasteiger partial charge in [0.25, 0.3) is 0 Å². The molecule has 17 heavy (non-hydrogen) atoms. The van der Waals surface area contributed by atoms with Crippen molar-refractivity contribution in [1.29, 1.82) is 0 Å². The van der Waals surface area contributed by atoms with E-state index in [1.165, 1.54) is 5.57 Å². The lowest BCUT2D eigenvalue weighted by atomic mass is 9.75. The topological polar surface area (TPSA) is 20.2 Å². The van der Waals surface area contributed by atoms with Gasteiger partial charge < -0.3 is 5.11 Å². The van der Waals surface area contributed by atoms with Crippen LogP contribution in [0.4, 0.5) is 0 Å². The largest absolute Gasteiger partial charge is 0.390 e. The fourth-order valence-corrected chi connectivity index (χ4v) is 2.37. The molecule has 1 aliphatic carbocycles. The van der Waals surface area contributed by atoms with Gasteiger partial charge in [-0.2, -0.15) is 0 Å². The fraction of sp³-hybridized carbons (Fsp3) is 0.438. The first-order valence-electron chi connectivity index (χ1n) is 6.32. The lowest BCUT2D eigenvalue weighted by Crippen LogP contribution is -2.36. The number of hydrogen-bond donors (Lipinski definition) is 1. The molecule has 0 amide bonds. The van der Waals surface area contributed by atoms with Crippen LogP contribution < -0.4 is 0 Å². The molecule has 0 saturated heterocycles. The molecule has 90 valence electrons. The van der Waals surface area contributed by atoms with Crippen molar-refractivity contribution in [2.45, 2.75) is 38.7 Å². The van der Waals surface area contributed by atoms with Gasteiger partial charge in [0.15, 0.2) is 0 Å². The Balaban J connectivity index is 2.25. The van der Waals surface area contributed by atoms with E-state index in [-0.39, 0.29) is 5.92 Å². The van der Waals surface area contributed by atoms with E-state index in [9.17, 15) is 5.11 Å². The second-order valence-corrected chi connectivity index (χ2v) is 5.16. The minimum Gasteiger partial charge on any atom is -0.390 e. The Morgan fingerprint density at radius 2 is 2.06 bits per heavy atom. The summed E-state index contributed by atoms with van der Waals surface area (Å²) in [6.45, 7) is 4.03. The maximum atomic E-state index is 10.2. The predicted octanol–water partition coefficient (Wildman–Crippen LogP) is 3.80. The van der Waals surface area contributed by atoms with E-state index in [1.807, 2.05) is 31.2 Å². The molecule has 0 spiro atoms. The van der Waals surface area contributed by atoms with Crippen molar-refractivity contribution in [2.24, 2.45) is 5.92 Å². The average molecular weight is 228 g/mol. The maximum Gasteiger partial charge on any atom is 0.0688 e. The summed E-state index contributed by atoms with van der Waals surface area (Å²) in [5, 5.41) is 10.2. The van der Waals surface area contributed by atoms with Crippen LogP contribution in [0.5, 0.6) is 0 Å². The van der Waals surface area contributed by atoms with Crippen LogP contribution in [0, 0.1) is 5.92 Å². The highest BCUT2D eigenvalue weighted by Gasteiger charge is 2.33. The van der Waals surface area contributed by atoms with E-state index in [1.54, 1.807) is 0 Å². The van der Waals surface area contributed by atoms with Crippen LogP contribution in [0.15, 0.2) is 41.6 Å². The van der Waals surface area contributed by atoms with E-state index in [4.69, 9.17) is 0 Å². The van der Waals surface area contributed by atoms with Crippen LogP contribution in [-0.4, -0.2) is 10.7 Å². The van der Waals surface area contributed by atoms with Crippen molar-refractivity contribution in [2.75, 3.05) is 0 Å². The highest BCUT2D eigenvalue weighted by molar-refractivity contribution is 5.49. The molecule has 0 bridgehead atoms.